The van der Waals surface area contributed by atoms with E-state index in [2.05, 4.69) is 83.2 Å². The van der Waals surface area contributed by atoms with Crippen LogP contribution in [0.1, 0.15) is 69.0 Å². The number of hydrogen-bond acceptors (Lipinski definition) is 5. The zero-order chi connectivity index (χ0) is 31.4. The molecular formula is C37H44N4O4. The lowest BCUT2D eigenvalue weighted by Gasteiger charge is -2.44. The molecule has 4 aliphatic heterocycles. The van der Waals surface area contributed by atoms with E-state index in [-0.39, 0.29) is 17.3 Å². The van der Waals surface area contributed by atoms with Crippen LogP contribution in [0.3, 0.4) is 0 Å². The minimum Gasteiger partial charge on any atom is -0.479 e. The fourth-order valence-corrected chi connectivity index (χ4v) is 7.23. The van der Waals surface area contributed by atoms with E-state index in [1.54, 1.807) is 4.90 Å². The second kappa shape index (κ2) is 11.0. The largest absolute Gasteiger partial charge is 0.479 e. The molecule has 0 aliphatic carbocycles. The summed E-state index contributed by atoms with van der Waals surface area (Å²) in [4.78, 5) is 14.2. The lowest BCUT2D eigenvalue weighted by Crippen LogP contribution is -2.50. The van der Waals surface area contributed by atoms with E-state index in [1.165, 1.54) is 22.5 Å². The lowest BCUT2D eigenvalue weighted by molar-refractivity contribution is -0.0268. The monoisotopic (exact) mass is 608 g/mol. The molecule has 4 aliphatic rings. The molecule has 4 aromatic rings. The Kier molecular flexibility index (Phi) is 7.23. The molecule has 0 unspecified atom stereocenters. The van der Waals surface area contributed by atoms with E-state index in [9.17, 15) is 4.79 Å². The van der Waals surface area contributed by atoms with Crippen molar-refractivity contribution in [2.24, 2.45) is 0 Å². The SMILES string of the molecule is Cc1cc2n(c1)-c1ccccc1OC21CCN(C(=O)OC(C)(C)C)CC1.Cc1cc2n(c1)-c1ccccc1OC21CCNCC1. The van der Waals surface area contributed by atoms with Crippen molar-refractivity contribution in [2.75, 3.05) is 26.2 Å². The van der Waals surface area contributed by atoms with Crippen molar-refractivity contribution in [2.45, 2.75) is 77.1 Å². The molecular weight excluding hydrogens is 564 g/mol. The van der Waals surface area contributed by atoms with Gasteiger partial charge in [-0.1, -0.05) is 24.3 Å². The summed E-state index contributed by atoms with van der Waals surface area (Å²) in [6.45, 7) is 13.2. The number of ether oxygens (including phenoxy) is 3. The van der Waals surface area contributed by atoms with E-state index in [1.807, 2.05) is 39.0 Å². The third-order valence-electron chi connectivity index (χ3n) is 9.34. The van der Waals surface area contributed by atoms with E-state index >= 15 is 0 Å². The van der Waals surface area contributed by atoms with Gasteiger partial charge in [0, 0.05) is 51.2 Å². The van der Waals surface area contributed by atoms with Gasteiger partial charge in [-0.3, -0.25) is 0 Å². The number of rotatable bonds is 0. The molecule has 1 N–H and O–H groups in total. The molecule has 1 amide bonds. The van der Waals surface area contributed by atoms with Crippen molar-refractivity contribution in [3.05, 3.63) is 95.6 Å². The Hall–Kier alpha value is -4.17. The van der Waals surface area contributed by atoms with Crippen LogP contribution in [0.25, 0.3) is 11.4 Å². The molecule has 0 radical (unpaired) electrons. The van der Waals surface area contributed by atoms with Crippen LogP contribution in [0, 0.1) is 13.8 Å². The molecule has 8 nitrogen and oxygen atoms in total. The molecule has 45 heavy (non-hydrogen) atoms. The number of aromatic nitrogens is 2. The maximum absolute atomic E-state index is 12.4. The highest BCUT2D eigenvalue weighted by Crippen LogP contribution is 2.46. The molecule has 8 rings (SSSR count). The highest BCUT2D eigenvalue weighted by Gasteiger charge is 2.45. The first-order valence-corrected chi connectivity index (χ1v) is 16.2. The first kappa shape index (κ1) is 29.5. The van der Waals surface area contributed by atoms with Crippen LogP contribution < -0.4 is 14.8 Å². The summed E-state index contributed by atoms with van der Waals surface area (Å²) in [5.41, 5.74) is 6.24. The fourth-order valence-electron chi connectivity index (χ4n) is 7.23. The van der Waals surface area contributed by atoms with Crippen LogP contribution in [0.2, 0.25) is 0 Å². The smallest absolute Gasteiger partial charge is 0.410 e. The highest BCUT2D eigenvalue weighted by molar-refractivity contribution is 5.68. The number of aryl methyl sites for hydroxylation is 2. The van der Waals surface area contributed by atoms with Gasteiger partial charge in [0.15, 0.2) is 11.2 Å². The van der Waals surface area contributed by atoms with Crippen molar-refractivity contribution >= 4 is 6.09 Å². The summed E-state index contributed by atoms with van der Waals surface area (Å²) >= 11 is 0. The number of hydrogen-bond donors (Lipinski definition) is 1. The predicted octanol–water partition coefficient (Wildman–Crippen LogP) is 7.16. The Balaban J connectivity index is 0.000000151. The summed E-state index contributed by atoms with van der Waals surface area (Å²) in [5.74, 6) is 1.91. The summed E-state index contributed by atoms with van der Waals surface area (Å²) < 4.78 is 23.1. The van der Waals surface area contributed by atoms with Gasteiger partial charge in [-0.15, -0.1) is 0 Å². The lowest BCUT2D eigenvalue weighted by atomic mass is 9.86. The van der Waals surface area contributed by atoms with Gasteiger partial charge in [0.25, 0.3) is 0 Å². The Morgan fingerprint density at radius 1 is 0.756 bits per heavy atom. The van der Waals surface area contributed by atoms with Gasteiger partial charge < -0.3 is 33.6 Å². The first-order valence-electron chi connectivity index (χ1n) is 16.2. The summed E-state index contributed by atoms with van der Waals surface area (Å²) in [6.07, 6.45) is 7.72. The van der Waals surface area contributed by atoms with E-state index in [4.69, 9.17) is 14.2 Å². The van der Waals surface area contributed by atoms with E-state index < -0.39 is 5.60 Å². The molecule has 2 spiro atoms. The molecule has 2 aromatic carbocycles. The Bertz CT molecular complexity index is 1710. The standard InChI is InChI=1S/C21H26N2O3.C16H18N2O/c1-15-13-18-21(25-17-8-6-5-7-16(17)23(18)14-15)9-11-22(12-10-21)19(24)26-20(2,3)4;1-12-10-15-16(6-8-17-9-7-16)19-14-5-3-2-4-13(14)18(15)11-12/h5-8,13-14H,9-12H2,1-4H3;2-5,10-11,17H,6-9H2,1H3. The number of carbonyl (C=O) groups excluding carboxylic acids is 1. The fraction of sp³-hybridized carbons (Fsp3) is 0.432. The molecule has 2 aromatic heterocycles. The van der Waals surface area contributed by atoms with Gasteiger partial charge >= 0.3 is 6.09 Å². The molecule has 2 saturated heterocycles. The number of nitrogens with one attached hydrogen (secondary N) is 1. The van der Waals surface area contributed by atoms with Crippen LogP contribution in [-0.4, -0.2) is 51.9 Å². The van der Waals surface area contributed by atoms with Crippen LogP contribution >= 0.6 is 0 Å². The molecule has 2 fully saturated rings. The summed E-state index contributed by atoms with van der Waals surface area (Å²) in [5, 5.41) is 3.43. The zero-order valence-electron chi connectivity index (χ0n) is 27.1. The van der Waals surface area contributed by atoms with Gasteiger partial charge in [-0.2, -0.15) is 0 Å². The molecule has 0 atom stereocenters. The average molecular weight is 609 g/mol. The van der Waals surface area contributed by atoms with Crippen molar-refractivity contribution in [1.82, 2.24) is 19.4 Å². The minimum atomic E-state index is -0.474. The molecule has 6 heterocycles. The van der Waals surface area contributed by atoms with E-state index in [0.29, 0.717) is 13.1 Å². The maximum Gasteiger partial charge on any atom is 0.410 e. The average Bonchev–Trinajstić information content (AvgIpc) is 3.62. The quantitative estimate of drug-likeness (QED) is 0.229. The van der Waals surface area contributed by atoms with Crippen molar-refractivity contribution in [3.63, 3.8) is 0 Å². The van der Waals surface area contributed by atoms with Gasteiger partial charge in [0.1, 0.15) is 17.1 Å². The maximum atomic E-state index is 12.4. The van der Waals surface area contributed by atoms with Crippen LogP contribution in [-0.2, 0) is 15.9 Å². The van der Waals surface area contributed by atoms with Crippen molar-refractivity contribution in [1.29, 1.82) is 0 Å². The summed E-state index contributed by atoms with van der Waals surface area (Å²) in [6, 6.07) is 21.0. The molecule has 8 heteroatoms. The number of para-hydroxylation sites is 4. The Morgan fingerprint density at radius 3 is 1.71 bits per heavy atom. The Labute approximate surface area is 265 Å². The third kappa shape index (κ3) is 5.39. The number of nitrogens with zero attached hydrogens (tertiary/aromatic N) is 3. The van der Waals surface area contributed by atoms with Gasteiger partial charge in [-0.05, 0) is 95.2 Å². The van der Waals surface area contributed by atoms with Crippen molar-refractivity contribution < 1.29 is 19.0 Å². The van der Waals surface area contributed by atoms with Gasteiger partial charge in [0.2, 0.25) is 0 Å². The number of piperidine rings is 2. The van der Waals surface area contributed by atoms with Crippen LogP contribution in [0.5, 0.6) is 11.5 Å². The predicted molar refractivity (Wildman–Crippen MR) is 175 cm³/mol. The van der Waals surface area contributed by atoms with Crippen LogP contribution in [0.4, 0.5) is 4.79 Å². The van der Waals surface area contributed by atoms with Crippen LogP contribution in [0.15, 0.2) is 73.1 Å². The molecule has 0 saturated carbocycles. The van der Waals surface area contributed by atoms with Gasteiger partial charge in [-0.25, -0.2) is 4.79 Å². The summed E-state index contributed by atoms with van der Waals surface area (Å²) in [7, 11) is 0. The third-order valence-corrected chi connectivity index (χ3v) is 9.34. The van der Waals surface area contributed by atoms with Gasteiger partial charge in [0.05, 0.1) is 22.8 Å². The second-order valence-electron chi connectivity index (χ2n) is 13.9. The Morgan fingerprint density at radius 2 is 1.22 bits per heavy atom. The number of benzene rings is 2. The number of likely N-dealkylation sites (tertiary alicyclic amines) is 1. The van der Waals surface area contributed by atoms with E-state index in [0.717, 1.165) is 61.6 Å². The zero-order valence-corrected chi connectivity index (χ0v) is 27.1. The van der Waals surface area contributed by atoms with Crippen molar-refractivity contribution in [3.8, 4) is 22.9 Å². The highest BCUT2D eigenvalue weighted by atomic mass is 16.6. The molecule has 0 bridgehead atoms. The first-order chi connectivity index (χ1) is 21.6. The minimum absolute atomic E-state index is 0.145. The molecule has 236 valence electrons. The number of amides is 1. The normalized spacial score (nSPS) is 18.7. The number of fused-ring (bicyclic) bond motifs is 8. The number of carbonyl (C=O) groups is 1. The second-order valence-corrected chi connectivity index (χ2v) is 13.9. The topological polar surface area (TPSA) is 69.9 Å².